The van der Waals surface area contributed by atoms with Crippen molar-refractivity contribution in [2.45, 2.75) is 85.5 Å². The maximum absolute atomic E-state index is 12.5. The quantitative estimate of drug-likeness (QED) is 0.538. The van der Waals surface area contributed by atoms with Crippen LogP contribution in [0.2, 0.25) is 0 Å². The second kappa shape index (κ2) is 10.9. The van der Waals surface area contributed by atoms with E-state index in [2.05, 4.69) is 5.32 Å². The predicted octanol–water partition coefficient (Wildman–Crippen LogP) is 4.54. The van der Waals surface area contributed by atoms with Gasteiger partial charge in [-0.1, -0.05) is 26.0 Å². The molecule has 0 fully saturated rings. The number of rotatable bonds is 9. The third-order valence-electron chi connectivity index (χ3n) is 5.20. The van der Waals surface area contributed by atoms with Crippen LogP contribution in [0.4, 0.5) is 4.79 Å². The molecular formula is C26H39N3O5. The van der Waals surface area contributed by atoms with Crippen molar-refractivity contribution >= 4 is 12.1 Å². The van der Waals surface area contributed by atoms with Crippen molar-refractivity contribution in [3.8, 4) is 5.75 Å². The van der Waals surface area contributed by atoms with Gasteiger partial charge in [0.15, 0.2) is 0 Å². The Kier molecular flexibility index (Phi) is 8.75. The molecule has 0 aliphatic heterocycles. The first-order valence-corrected chi connectivity index (χ1v) is 11.6. The molecule has 0 radical (unpaired) electrons. The second-order valence-corrected chi connectivity index (χ2v) is 10.4. The standard InChI is InChI=1S/C26H39N3O5/c1-17(2)33-22(30)14-21-23(26(7,8)16-27-24(31)34-25(4,5)6)18(3)29(28-21)15-19-10-12-20(32-9)13-11-19/h10-13,17H,14-16H2,1-9H3,(H,27,31). The first-order valence-electron chi connectivity index (χ1n) is 11.6. The van der Waals surface area contributed by atoms with Gasteiger partial charge in [-0.3, -0.25) is 9.48 Å². The fourth-order valence-corrected chi connectivity index (χ4v) is 3.81. The lowest BCUT2D eigenvalue weighted by Gasteiger charge is -2.28. The van der Waals surface area contributed by atoms with E-state index in [9.17, 15) is 9.59 Å². The first kappa shape index (κ1) is 27.2. The Labute approximate surface area is 203 Å². The van der Waals surface area contributed by atoms with Crippen molar-refractivity contribution in [3.63, 3.8) is 0 Å². The number of aromatic nitrogens is 2. The summed E-state index contributed by atoms with van der Waals surface area (Å²) in [5, 5.41) is 7.65. The van der Waals surface area contributed by atoms with Crippen molar-refractivity contribution in [1.29, 1.82) is 0 Å². The Hall–Kier alpha value is -3.03. The summed E-state index contributed by atoms with van der Waals surface area (Å²) in [5.41, 5.74) is 2.45. The minimum Gasteiger partial charge on any atom is -0.497 e. The van der Waals surface area contributed by atoms with E-state index in [-0.39, 0.29) is 18.5 Å². The van der Waals surface area contributed by atoms with Gasteiger partial charge >= 0.3 is 12.1 Å². The Morgan fingerprint density at radius 1 is 1.09 bits per heavy atom. The van der Waals surface area contributed by atoms with E-state index in [1.807, 2.05) is 84.3 Å². The number of nitrogens with one attached hydrogen (secondary N) is 1. The zero-order valence-electron chi connectivity index (χ0n) is 21.9. The van der Waals surface area contributed by atoms with E-state index in [0.717, 1.165) is 22.6 Å². The van der Waals surface area contributed by atoms with E-state index in [1.165, 1.54) is 0 Å². The number of hydrogen-bond donors (Lipinski definition) is 1. The summed E-state index contributed by atoms with van der Waals surface area (Å²) < 4.78 is 17.9. The van der Waals surface area contributed by atoms with Crippen molar-refractivity contribution in [3.05, 3.63) is 46.8 Å². The summed E-state index contributed by atoms with van der Waals surface area (Å²) in [5.74, 6) is 0.453. The maximum Gasteiger partial charge on any atom is 0.407 e. The van der Waals surface area contributed by atoms with Crippen LogP contribution in [0, 0.1) is 6.92 Å². The lowest BCUT2D eigenvalue weighted by Crippen LogP contribution is -2.40. The van der Waals surface area contributed by atoms with Crippen LogP contribution in [0.25, 0.3) is 0 Å². The third kappa shape index (κ3) is 7.78. The van der Waals surface area contributed by atoms with Crippen molar-refractivity contribution in [2.75, 3.05) is 13.7 Å². The normalized spacial score (nSPS) is 11.9. The number of carbonyl (C=O) groups excluding carboxylic acids is 2. The molecule has 0 atom stereocenters. The molecule has 1 aromatic carbocycles. The molecule has 8 heteroatoms. The van der Waals surface area contributed by atoms with Gasteiger partial charge < -0.3 is 19.5 Å². The van der Waals surface area contributed by atoms with E-state index in [1.54, 1.807) is 7.11 Å². The van der Waals surface area contributed by atoms with Gasteiger partial charge in [-0.15, -0.1) is 0 Å². The first-order chi connectivity index (χ1) is 15.7. The lowest BCUT2D eigenvalue weighted by molar-refractivity contribution is -0.146. The van der Waals surface area contributed by atoms with Gasteiger partial charge in [0.25, 0.3) is 0 Å². The van der Waals surface area contributed by atoms with Gasteiger partial charge in [0.05, 0.1) is 31.9 Å². The fraction of sp³-hybridized carbons (Fsp3) is 0.577. The number of methoxy groups -OCH3 is 1. The molecular weight excluding hydrogens is 434 g/mol. The molecule has 34 heavy (non-hydrogen) atoms. The van der Waals surface area contributed by atoms with E-state index in [0.29, 0.717) is 18.8 Å². The molecule has 2 rings (SSSR count). The minimum atomic E-state index is -0.584. The summed E-state index contributed by atoms with van der Waals surface area (Å²) in [6.07, 6.45) is -0.635. The highest BCUT2D eigenvalue weighted by molar-refractivity contribution is 5.73. The van der Waals surface area contributed by atoms with Crippen molar-refractivity contribution < 1.29 is 23.8 Å². The smallest absolute Gasteiger partial charge is 0.407 e. The molecule has 0 spiro atoms. The van der Waals surface area contributed by atoms with Crippen LogP contribution < -0.4 is 10.1 Å². The van der Waals surface area contributed by atoms with Gasteiger partial charge in [-0.25, -0.2) is 4.79 Å². The minimum absolute atomic E-state index is 0.0554. The Bertz CT molecular complexity index is 985. The highest BCUT2D eigenvalue weighted by atomic mass is 16.6. The number of ether oxygens (including phenoxy) is 3. The molecule has 0 aliphatic carbocycles. The number of hydrogen-bond acceptors (Lipinski definition) is 6. The van der Waals surface area contributed by atoms with Gasteiger partial charge in [0, 0.05) is 23.2 Å². The van der Waals surface area contributed by atoms with Crippen molar-refractivity contribution in [1.82, 2.24) is 15.1 Å². The number of benzene rings is 1. The number of carbonyl (C=O) groups is 2. The monoisotopic (exact) mass is 473 g/mol. The van der Waals surface area contributed by atoms with E-state index < -0.39 is 17.1 Å². The van der Waals surface area contributed by atoms with Crippen LogP contribution in [0.1, 0.15) is 71.0 Å². The van der Waals surface area contributed by atoms with Gasteiger partial charge in [-0.05, 0) is 59.2 Å². The van der Waals surface area contributed by atoms with Crippen LogP contribution in [0.3, 0.4) is 0 Å². The number of nitrogens with zero attached hydrogens (tertiary/aromatic N) is 2. The summed E-state index contributed by atoms with van der Waals surface area (Å²) in [4.78, 5) is 24.8. The average molecular weight is 474 g/mol. The molecule has 2 aromatic rings. The largest absolute Gasteiger partial charge is 0.497 e. The molecule has 0 bridgehead atoms. The average Bonchev–Trinajstić information content (AvgIpc) is 3.00. The number of alkyl carbamates (subject to hydrolysis) is 1. The maximum atomic E-state index is 12.5. The molecule has 0 unspecified atom stereocenters. The van der Waals surface area contributed by atoms with Gasteiger partial charge in [0.2, 0.25) is 0 Å². The molecule has 188 valence electrons. The molecule has 8 nitrogen and oxygen atoms in total. The number of esters is 1. The van der Waals surface area contributed by atoms with Crippen LogP contribution in [-0.4, -0.2) is 47.2 Å². The molecule has 0 saturated heterocycles. The number of amides is 1. The predicted molar refractivity (Wildman–Crippen MR) is 131 cm³/mol. The molecule has 1 N–H and O–H groups in total. The summed E-state index contributed by atoms with van der Waals surface area (Å²) in [6, 6.07) is 7.79. The summed E-state index contributed by atoms with van der Waals surface area (Å²) >= 11 is 0. The van der Waals surface area contributed by atoms with E-state index >= 15 is 0 Å². The van der Waals surface area contributed by atoms with Crippen LogP contribution in [0.15, 0.2) is 24.3 Å². The molecule has 1 amide bonds. The van der Waals surface area contributed by atoms with Crippen LogP contribution in [-0.2, 0) is 32.6 Å². The zero-order valence-corrected chi connectivity index (χ0v) is 21.9. The third-order valence-corrected chi connectivity index (χ3v) is 5.20. The second-order valence-electron chi connectivity index (χ2n) is 10.4. The van der Waals surface area contributed by atoms with Gasteiger partial charge in [0.1, 0.15) is 11.4 Å². The van der Waals surface area contributed by atoms with E-state index in [4.69, 9.17) is 19.3 Å². The zero-order chi connectivity index (χ0) is 25.7. The fourth-order valence-electron chi connectivity index (χ4n) is 3.81. The Morgan fingerprint density at radius 2 is 1.71 bits per heavy atom. The summed E-state index contributed by atoms with van der Waals surface area (Å²) in [7, 11) is 1.63. The molecule has 1 heterocycles. The Balaban J connectivity index is 2.35. The molecule has 0 saturated carbocycles. The van der Waals surface area contributed by atoms with Crippen LogP contribution >= 0.6 is 0 Å². The highest BCUT2D eigenvalue weighted by Crippen LogP contribution is 2.30. The van der Waals surface area contributed by atoms with Crippen molar-refractivity contribution in [2.24, 2.45) is 0 Å². The Morgan fingerprint density at radius 3 is 2.24 bits per heavy atom. The highest BCUT2D eigenvalue weighted by Gasteiger charge is 2.32. The SMILES string of the molecule is COc1ccc(Cn2nc(CC(=O)OC(C)C)c(C(C)(C)CNC(=O)OC(C)(C)C)c2C)cc1. The molecule has 0 aliphatic rings. The van der Waals surface area contributed by atoms with Gasteiger partial charge in [-0.2, -0.15) is 5.10 Å². The lowest BCUT2D eigenvalue weighted by atomic mass is 9.82. The topological polar surface area (TPSA) is 91.7 Å². The van der Waals surface area contributed by atoms with Crippen LogP contribution in [0.5, 0.6) is 5.75 Å². The molecule has 1 aromatic heterocycles. The summed E-state index contributed by atoms with van der Waals surface area (Å²) in [6.45, 7) is 16.0.